The van der Waals surface area contributed by atoms with Gasteiger partial charge in [0.15, 0.2) is 6.29 Å². The number of benzene rings is 4. The van der Waals surface area contributed by atoms with Crippen LogP contribution in [0.3, 0.4) is 0 Å². The number of hydrogen-bond acceptors (Lipinski definition) is 6. The Kier molecular flexibility index (Phi) is 12.0. The molecule has 0 saturated carbocycles. The van der Waals surface area contributed by atoms with Gasteiger partial charge < -0.3 is 24.2 Å². The van der Waals surface area contributed by atoms with Gasteiger partial charge in [-0.3, -0.25) is 14.7 Å². The van der Waals surface area contributed by atoms with Gasteiger partial charge in [0, 0.05) is 56.4 Å². The second-order valence-corrected chi connectivity index (χ2v) is 14.7. The second kappa shape index (κ2) is 16.8. The minimum atomic E-state index is -1.17. The van der Waals surface area contributed by atoms with E-state index in [0.717, 1.165) is 44.2 Å². The van der Waals surface area contributed by atoms with E-state index >= 15 is 4.79 Å². The first-order valence-electron chi connectivity index (χ1n) is 18.8. The van der Waals surface area contributed by atoms with Gasteiger partial charge in [-0.1, -0.05) is 78.9 Å². The van der Waals surface area contributed by atoms with Crippen molar-refractivity contribution in [1.29, 1.82) is 0 Å². The summed E-state index contributed by atoms with van der Waals surface area (Å²) >= 11 is 0. The van der Waals surface area contributed by atoms with E-state index in [1.54, 1.807) is 17.3 Å². The van der Waals surface area contributed by atoms with Crippen molar-refractivity contribution in [3.63, 3.8) is 0 Å². The molecule has 0 spiro atoms. The molecule has 9 nitrogen and oxygen atoms in total. The van der Waals surface area contributed by atoms with Gasteiger partial charge in [-0.2, -0.15) is 0 Å². The van der Waals surface area contributed by atoms with Crippen LogP contribution in [0.15, 0.2) is 109 Å². The van der Waals surface area contributed by atoms with Crippen LogP contribution in [0.2, 0.25) is 0 Å². The fourth-order valence-electron chi connectivity index (χ4n) is 7.52. The highest BCUT2D eigenvalue weighted by Crippen LogP contribution is 2.45. The standard InChI is InChI=1S/C45H51N3O6/c1-7-52-43(53-8-2)30(3)47(28-33-15-13-14-32-27-46-25-24-35(32)33)42(49)41(26-31-20-22-34(23-21-31)54-45(4,5)6)48(44(50)51)29-40-38-18-11-9-16-36(38)37-17-10-12-19-39(37)40/h9-25,27,30,40-41,43H,7-8,26,28-29H2,1-6H3,(H,50,51)/t30-,41-/m0/s1. The average Bonchev–Trinajstić information content (AvgIpc) is 3.47. The minimum Gasteiger partial charge on any atom is -0.488 e. The monoisotopic (exact) mass is 729 g/mol. The highest BCUT2D eigenvalue weighted by atomic mass is 16.7. The van der Waals surface area contributed by atoms with Crippen LogP contribution in [0.4, 0.5) is 4.79 Å². The molecule has 1 N–H and O–H groups in total. The Hall–Kier alpha value is -5.25. The van der Waals surface area contributed by atoms with Gasteiger partial charge in [-0.25, -0.2) is 4.79 Å². The SMILES string of the molecule is CCOC(OCC)[C@H](C)N(Cc1cccc2cnccc12)C(=O)[C@H](Cc1ccc(OC(C)(C)C)cc1)N(CC1c2ccccc2-c2ccccc21)C(=O)O. The molecule has 1 aliphatic rings. The van der Waals surface area contributed by atoms with Crippen LogP contribution in [0.25, 0.3) is 21.9 Å². The molecule has 1 heterocycles. The number of hydrogen-bond donors (Lipinski definition) is 1. The third-order valence-electron chi connectivity index (χ3n) is 9.97. The molecule has 5 aromatic rings. The molecule has 2 atom stereocenters. The van der Waals surface area contributed by atoms with Crippen LogP contribution in [0.5, 0.6) is 5.75 Å². The van der Waals surface area contributed by atoms with Gasteiger partial charge in [-0.05, 0) is 98.5 Å². The maximum absolute atomic E-state index is 15.5. The van der Waals surface area contributed by atoms with Crippen molar-refractivity contribution in [2.75, 3.05) is 19.8 Å². The number of carbonyl (C=O) groups is 2. The van der Waals surface area contributed by atoms with Crippen molar-refractivity contribution in [3.8, 4) is 16.9 Å². The number of ether oxygens (including phenoxy) is 3. The first-order chi connectivity index (χ1) is 26.0. The number of pyridine rings is 1. The Balaban J connectivity index is 1.45. The lowest BCUT2D eigenvalue weighted by atomic mass is 9.94. The molecule has 6 rings (SSSR count). The zero-order chi connectivity index (χ0) is 38.4. The van der Waals surface area contributed by atoms with E-state index in [2.05, 4.69) is 29.2 Å². The molecular formula is C45H51N3O6. The van der Waals surface area contributed by atoms with Crippen LogP contribution >= 0.6 is 0 Å². The van der Waals surface area contributed by atoms with Crippen LogP contribution in [0, 0.1) is 0 Å². The minimum absolute atomic E-state index is 0.0908. The first kappa shape index (κ1) is 38.5. The lowest BCUT2D eigenvalue weighted by Gasteiger charge is -2.39. The highest BCUT2D eigenvalue weighted by molar-refractivity contribution is 5.88. The molecule has 9 heteroatoms. The molecule has 0 saturated heterocycles. The number of nitrogens with zero attached hydrogens (tertiary/aromatic N) is 3. The summed E-state index contributed by atoms with van der Waals surface area (Å²) in [5.41, 5.74) is 5.58. The predicted molar refractivity (Wildman–Crippen MR) is 212 cm³/mol. The summed E-state index contributed by atoms with van der Waals surface area (Å²) in [6.45, 7) is 12.7. The van der Waals surface area contributed by atoms with E-state index in [9.17, 15) is 9.90 Å². The molecule has 282 valence electrons. The summed E-state index contributed by atoms with van der Waals surface area (Å²) in [5.74, 6) is 0.0951. The van der Waals surface area contributed by atoms with Crippen LogP contribution < -0.4 is 4.74 Å². The van der Waals surface area contributed by atoms with E-state index < -0.39 is 24.5 Å². The van der Waals surface area contributed by atoms with E-state index in [-0.39, 0.29) is 36.9 Å². The summed E-state index contributed by atoms with van der Waals surface area (Å²) in [6, 6.07) is 30.1. The normalized spacial score (nSPS) is 13.7. The number of aromatic nitrogens is 1. The molecule has 1 aromatic heterocycles. The molecule has 2 amide bonds. The molecule has 0 bridgehead atoms. The second-order valence-electron chi connectivity index (χ2n) is 14.7. The zero-order valence-corrected chi connectivity index (χ0v) is 32.1. The largest absolute Gasteiger partial charge is 0.488 e. The summed E-state index contributed by atoms with van der Waals surface area (Å²) in [6.07, 6.45) is 1.79. The maximum Gasteiger partial charge on any atom is 0.408 e. The lowest BCUT2D eigenvalue weighted by molar-refractivity contribution is -0.180. The van der Waals surface area contributed by atoms with E-state index in [4.69, 9.17) is 14.2 Å². The van der Waals surface area contributed by atoms with Crippen LogP contribution in [-0.2, 0) is 27.2 Å². The number of fused-ring (bicyclic) bond motifs is 4. The molecular weight excluding hydrogens is 679 g/mol. The summed E-state index contributed by atoms with van der Waals surface area (Å²) < 4.78 is 18.2. The Morgan fingerprint density at radius 1 is 0.815 bits per heavy atom. The van der Waals surface area contributed by atoms with Crippen molar-refractivity contribution < 1.29 is 28.9 Å². The van der Waals surface area contributed by atoms with E-state index in [1.807, 2.05) is 114 Å². The molecule has 1 aliphatic carbocycles. The van der Waals surface area contributed by atoms with Crippen molar-refractivity contribution in [3.05, 3.63) is 132 Å². The Labute approximate surface area is 318 Å². The van der Waals surface area contributed by atoms with Gasteiger partial charge >= 0.3 is 6.09 Å². The fourth-order valence-corrected chi connectivity index (χ4v) is 7.52. The molecule has 0 unspecified atom stereocenters. The van der Waals surface area contributed by atoms with E-state index in [0.29, 0.717) is 19.0 Å². The van der Waals surface area contributed by atoms with Gasteiger partial charge in [0.1, 0.15) is 17.4 Å². The third kappa shape index (κ3) is 8.59. The summed E-state index contributed by atoms with van der Waals surface area (Å²) in [7, 11) is 0. The van der Waals surface area contributed by atoms with Crippen molar-refractivity contribution in [2.24, 2.45) is 0 Å². The fraction of sp³-hybridized carbons (Fsp3) is 0.356. The molecule has 4 aromatic carbocycles. The van der Waals surface area contributed by atoms with E-state index in [1.165, 1.54) is 4.90 Å². The summed E-state index contributed by atoms with van der Waals surface area (Å²) in [5, 5.41) is 13.0. The Bertz CT molecular complexity index is 2000. The lowest BCUT2D eigenvalue weighted by Crippen LogP contribution is -2.56. The Morgan fingerprint density at radius 3 is 2.04 bits per heavy atom. The molecule has 0 fully saturated rings. The van der Waals surface area contributed by atoms with Gasteiger partial charge in [0.25, 0.3) is 0 Å². The number of amides is 2. The van der Waals surface area contributed by atoms with Crippen molar-refractivity contribution in [2.45, 2.75) is 84.4 Å². The van der Waals surface area contributed by atoms with Gasteiger partial charge in [-0.15, -0.1) is 0 Å². The maximum atomic E-state index is 15.5. The summed E-state index contributed by atoms with van der Waals surface area (Å²) in [4.78, 5) is 36.5. The highest BCUT2D eigenvalue weighted by Gasteiger charge is 2.40. The molecule has 0 aliphatic heterocycles. The van der Waals surface area contributed by atoms with Gasteiger partial charge in [0.2, 0.25) is 5.91 Å². The number of carboxylic acid groups (broad SMARTS) is 1. The van der Waals surface area contributed by atoms with Crippen molar-refractivity contribution in [1.82, 2.24) is 14.8 Å². The average molecular weight is 730 g/mol. The topological polar surface area (TPSA) is 101 Å². The van der Waals surface area contributed by atoms with Gasteiger partial charge in [0.05, 0.1) is 6.04 Å². The van der Waals surface area contributed by atoms with Crippen LogP contribution in [-0.4, -0.2) is 75.6 Å². The number of rotatable bonds is 15. The quantitative estimate of drug-likeness (QED) is 0.107. The van der Waals surface area contributed by atoms with Crippen LogP contribution in [0.1, 0.15) is 69.7 Å². The smallest absolute Gasteiger partial charge is 0.408 e. The predicted octanol–water partition coefficient (Wildman–Crippen LogP) is 8.93. The first-order valence-corrected chi connectivity index (χ1v) is 18.8. The van der Waals surface area contributed by atoms with Crippen molar-refractivity contribution >= 4 is 22.8 Å². The Morgan fingerprint density at radius 2 is 1.44 bits per heavy atom. The number of carbonyl (C=O) groups excluding carboxylic acids is 1. The zero-order valence-electron chi connectivity index (χ0n) is 32.1. The third-order valence-corrected chi connectivity index (χ3v) is 9.97. The molecule has 0 radical (unpaired) electrons. The molecule has 54 heavy (non-hydrogen) atoms.